The third-order valence-corrected chi connectivity index (χ3v) is 7.48. The number of halogens is 4. The number of hydrogen-bond acceptors (Lipinski definition) is 4. The van der Waals surface area contributed by atoms with Gasteiger partial charge < -0.3 is 4.55 Å². The average Bonchev–Trinajstić information content (AvgIpc) is 2.52. The maximum Gasteiger partial charge on any atom is 0.501 e. The lowest BCUT2D eigenvalue weighted by Gasteiger charge is -2.29. The van der Waals surface area contributed by atoms with Gasteiger partial charge in [0.25, 0.3) is 9.84 Å². The number of rotatable bonds is 8. The van der Waals surface area contributed by atoms with Gasteiger partial charge in [0.2, 0.25) is 0 Å². The molecule has 0 radical (unpaired) electrons. The summed E-state index contributed by atoms with van der Waals surface area (Å²) in [6.45, 7) is 8.91. The molecule has 27 heavy (non-hydrogen) atoms. The molecule has 0 aliphatic carbocycles. The molecule has 0 fully saturated rings. The summed E-state index contributed by atoms with van der Waals surface area (Å²) in [6.07, 6.45) is 3.46. The number of allylic oxidation sites excluding steroid dienone is 1. The first-order valence-corrected chi connectivity index (χ1v) is 11.5. The molecule has 0 aliphatic rings. The maximum atomic E-state index is 12.9. The van der Waals surface area contributed by atoms with Crippen LogP contribution in [0.1, 0.15) is 51.6 Å². The Balaban J connectivity index is 3.35. The van der Waals surface area contributed by atoms with E-state index in [0.29, 0.717) is 29.3 Å². The van der Waals surface area contributed by atoms with Crippen LogP contribution in [-0.2, 0) is 21.2 Å². The minimum Gasteiger partial charge on any atom is -0.598 e. The minimum atomic E-state index is -5.47. The summed E-state index contributed by atoms with van der Waals surface area (Å²) in [5, 5.41) is 0. The van der Waals surface area contributed by atoms with E-state index in [4.69, 9.17) is 0 Å². The quantitative estimate of drug-likeness (QED) is 0.309. The molecule has 1 rings (SSSR count). The van der Waals surface area contributed by atoms with Crippen LogP contribution in [0.5, 0.6) is 0 Å². The van der Waals surface area contributed by atoms with E-state index in [0.717, 1.165) is 12.1 Å². The fourth-order valence-electron chi connectivity index (χ4n) is 2.14. The van der Waals surface area contributed by atoms with Crippen molar-refractivity contribution in [2.45, 2.75) is 61.2 Å². The van der Waals surface area contributed by atoms with Gasteiger partial charge in [-0.2, -0.15) is 13.2 Å². The van der Waals surface area contributed by atoms with Gasteiger partial charge >= 0.3 is 5.51 Å². The third-order valence-electron chi connectivity index (χ3n) is 3.66. The lowest BCUT2D eigenvalue weighted by molar-refractivity contribution is -0.0436. The fraction of sp³-hybridized carbons (Fsp3) is 0.529. The summed E-state index contributed by atoms with van der Waals surface area (Å²) in [4.78, 5) is -0.842. The second kappa shape index (κ2) is 9.30. The van der Waals surface area contributed by atoms with Crippen LogP contribution in [0.2, 0.25) is 0 Å². The van der Waals surface area contributed by atoms with Gasteiger partial charge in [0, 0.05) is 15.8 Å². The van der Waals surface area contributed by atoms with Crippen molar-refractivity contribution in [2.24, 2.45) is 0 Å². The zero-order valence-corrected chi connectivity index (χ0v) is 18.5. The van der Waals surface area contributed by atoms with Crippen LogP contribution in [0.25, 0.3) is 0 Å². The van der Waals surface area contributed by atoms with Crippen molar-refractivity contribution in [3.63, 3.8) is 0 Å². The number of unbranched alkanes of at least 4 members (excludes halogenated alkanes) is 1. The zero-order chi connectivity index (χ0) is 21.0. The molecular formula is C17H23BrF3NO3S2. The summed E-state index contributed by atoms with van der Waals surface area (Å²) in [6, 6.07) is 2.55. The highest BCUT2D eigenvalue weighted by molar-refractivity contribution is 9.10. The third kappa shape index (κ3) is 6.49. The Morgan fingerprint density at radius 1 is 1.33 bits per heavy atom. The molecule has 0 bridgehead atoms. The number of sulfone groups is 1. The molecule has 1 N–H and O–H groups in total. The Hall–Kier alpha value is -0.550. The lowest BCUT2D eigenvalue weighted by atomic mass is 10.0. The SMILES string of the molecule is C=CCCC[C@H](N[S+]([O-])C(C)(C)C)c1cc(S(=O)(=O)C(F)(F)F)ccc1Br. The summed E-state index contributed by atoms with van der Waals surface area (Å²) >= 11 is 1.77. The van der Waals surface area contributed by atoms with Crippen molar-refractivity contribution < 1.29 is 26.1 Å². The van der Waals surface area contributed by atoms with Crippen LogP contribution in [0.3, 0.4) is 0 Å². The van der Waals surface area contributed by atoms with Crippen molar-refractivity contribution in [3.05, 3.63) is 40.9 Å². The smallest absolute Gasteiger partial charge is 0.501 e. The topological polar surface area (TPSA) is 69.2 Å². The highest BCUT2D eigenvalue weighted by atomic mass is 79.9. The molecule has 10 heteroatoms. The van der Waals surface area contributed by atoms with Gasteiger partial charge in [-0.15, -0.1) is 11.3 Å². The van der Waals surface area contributed by atoms with Gasteiger partial charge in [-0.25, -0.2) is 8.42 Å². The van der Waals surface area contributed by atoms with Gasteiger partial charge in [-0.1, -0.05) is 22.0 Å². The normalized spacial score (nSPS) is 15.4. The number of hydrogen-bond donors (Lipinski definition) is 1. The molecule has 0 saturated heterocycles. The first-order chi connectivity index (χ1) is 12.2. The van der Waals surface area contributed by atoms with Crippen LogP contribution in [-0.4, -0.2) is 23.2 Å². The molecule has 2 atom stereocenters. The molecule has 154 valence electrons. The number of benzene rings is 1. The first kappa shape index (κ1) is 24.5. The van der Waals surface area contributed by atoms with Crippen LogP contribution in [0.4, 0.5) is 13.2 Å². The van der Waals surface area contributed by atoms with Gasteiger partial charge in [0.05, 0.1) is 10.9 Å². The molecule has 0 aromatic heterocycles. The van der Waals surface area contributed by atoms with E-state index in [1.54, 1.807) is 26.8 Å². The van der Waals surface area contributed by atoms with E-state index in [2.05, 4.69) is 27.2 Å². The molecule has 0 saturated carbocycles. The predicted octanol–water partition coefficient (Wildman–Crippen LogP) is 5.19. The number of nitrogens with one attached hydrogen (secondary N) is 1. The first-order valence-electron chi connectivity index (χ1n) is 8.11. The second-order valence-electron chi connectivity index (χ2n) is 6.90. The molecule has 0 aliphatic heterocycles. The summed E-state index contributed by atoms with van der Waals surface area (Å²) in [7, 11) is -5.47. The van der Waals surface area contributed by atoms with E-state index < -0.39 is 42.4 Å². The minimum absolute atomic E-state index is 0.307. The van der Waals surface area contributed by atoms with Crippen molar-refractivity contribution in [1.29, 1.82) is 0 Å². The Morgan fingerprint density at radius 2 is 1.93 bits per heavy atom. The molecule has 4 nitrogen and oxygen atoms in total. The van der Waals surface area contributed by atoms with Crippen molar-refractivity contribution in [2.75, 3.05) is 0 Å². The van der Waals surface area contributed by atoms with Gasteiger partial charge in [0.15, 0.2) is 0 Å². The fourth-order valence-corrected chi connectivity index (χ4v) is 4.32. The molecule has 0 spiro atoms. The van der Waals surface area contributed by atoms with Crippen LogP contribution < -0.4 is 4.72 Å². The Morgan fingerprint density at radius 3 is 2.41 bits per heavy atom. The van der Waals surface area contributed by atoms with Gasteiger partial charge in [-0.3, -0.25) is 0 Å². The monoisotopic (exact) mass is 489 g/mol. The van der Waals surface area contributed by atoms with Crippen LogP contribution >= 0.6 is 15.9 Å². The van der Waals surface area contributed by atoms with Gasteiger partial charge in [-0.05, 0) is 63.8 Å². The van der Waals surface area contributed by atoms with E-state index in [1.165, 1.54) is 6.07 Å². The Kier molecular flexibility index (Phi) is 8.43. The van der Waals surface area contributed by atoms with E-state index >= 15 is 0 Å². The Labute approximate surface area is 170 Å². The van der Waals surface area contributed by atoms with Crippen molar-refractivity contribution in [1.82, 2.24) is 4.72 Å². The van der Waals surface area contributed by atoms with Crippen molar-refractivity contribution in [3.8, 4) is 0 Å². The average molecular weight is 490 g/mol. The van der Waals surface area contributed by atoms with E-state index in [1.807, 2.05) is 0 Å². The summed E-state index contributed by atoms with van der Waals surface area (Å²) in [5.41, 5.74) is -5.08. The highest BCUT2D eigenvalue weighted by Gasteiger charge is 2.47. The van der Waals surface area contributed by atoms with Crippen LogP contribution in [0.15, 0.2) is 40.2 Å². The Bertz CT molecular complexity index is 762. The predicted molar refractivity (Wildman–Crippen MR) is 105 cm³/mol. The molecule has 1 aromatic rings. The zero-order valence-electron chi connectivity index (χ0n) is 15.3. The molecule has 1 unspecified atom stereocenters. The lowest BCUT2D eigenvalue weighted by Crippen LogP contribution is -2.41. The van der Waals surface area contributed by atoms with E-state index in [9.17, 15) is 26.1 Å². The highest BCUT2D eigenvalue weighted by Crippen LogP contribution is 2.35. The van der Waals surface area contributed by atoms with Crippen molar-refractivity contribution >= 4 is 37.1 Å². The summed E-state index contributed by atoms with van der Waals surface area (Å²) in [5.74, 6) is 0. The standard InChI is InChI=1S/C17H23BrF3NO3S2/c1-5-6-7-8-15(22-26(23)16(2,3)4)13-11-12(9-10-14(13)18)27(24,25)17(19,20)21/h5,9-11,15,22H,1,6-8H2,2-4H3/t15-,26?/m0/s1. The molecule has 1 aromatic carbocycles. The van der Waals surface area contributed by atoms with E-state index in [-0.39, 0.29) is 0 Å². The number of alkyl halides is 3. The largest absolute Gasteiger partial charge is 0.598 e. The molecule has 0 amide bonds. The maximum absolute atomic E-state index is 12.9. The molecule has 0 heterocycles. The second-order valence-corrected chi connectivity index (χ2v) is 11.7. The summed E-state index contributed by atoms with van der Waals surface area (Å²) < 4.78 is 77.4. The molecular weight excluding hydrogens is 467 g/mol. The van der Waals surface area contributed by atoms with Crippen LogP contribution in [0, 0.1) is 0 Å². The van der Waals surface area contributed by atoms with Gasteiger partial charge in [0.1, 0.15) is 4.75 Å².